The Morgan fingerprint density at radius 1 is 1.15 bits per heavy atom. The van der Waals surface area contributed by atoms with Crippen molar-refractivity contribution in [3.05, 3.63) is 54.0 Å². The van der Waals surface area contributed by atoms with Gasteiger partial charge in [-0.3, -0.25) is 0 Å². The molecule has 0 atom stereocenters. The molecule has 1 aromatic heterocycles. The van der Waals surface area contributed by atoms with Crippen molar-refractivity contribution in [2.45, 2.75) is 19.6 Å². The third-order valence-corrected chi connectivity index (χ3v) is 2.95. The lowest BCUT2D eigenvalue weighted by molar-refractivity contribution is 0.104. The molecule has 2 aromatic rings. The Morgan fingerprint density at radius 3 is 2.70 bits per heavy atom. The maximum atomic E-state index is 5.51. The molecule has 0 aliphatic heterocycles. The minimum absolute atomic E-state index is 0.547. The lowest BCUT2D eigenvalue weighted by Gasteiger charge is -2.06. The molecule has 108 valence electrons. The molecule has 1 aromatic carbocycles. The summed E-state index contributed by atoms with van der Waals surface area (Å²) >= 11 is 0. The molecule has 0 fully saturated rings. The van der Waals surface area contributed by atoms with Crippen LogP contribution in [0.4, 0.5) is 0 Å². The molecular formula is C16H21NO3. The van der Waals surface area contributed by atoms with Crippen LogP contribution in [-0.4, -0.2) is 20.3 Å². The van der Waals surface area contributed by atoms with Crippen molar-refractivity contribution >= 4 is 0 Å². The van der Waals surface area contributed by atoms with E-state index < -0.39 is 0 Å². The van der Waals surface area contributed by atoms with Crippen LogP contribution in [0.25, 0.3) is 0 Å². The van der Waals surface area contributed by atoms with Gasteiger partial charge in [0.1, 0.15) is 18.1 Å². The van der Waals surface area contributed by atoms with E-state index in [-0.39, 0.29) is 0 Å². The number of hydrogen-bond acceptors (Lipinski definition) is 4. The average molecular weight is 275 g/mol. The van der Waals surface area contributed by atoms with Crippen LogP contribution < -0.4 is 10.1 Å². The Morgan fingerprint density at radius 2 is 2.00 bits per heavy atom. The lowest BCUT2D eigenvalue weighted by Crippen LogP contribution is -2.16. The quantitative estimate of drug-likeness (QED) is 0.714. The zero-order valence-corrected chi connectivity index (χ0v) is 11.8. The fraction of sp³-hybridized carbons (Fsp3) is 0.375. The van der Waals surface area contributed by atoms with Gasteiger partial charge >= 0.3 is 0 Å². The third kappa shape index (κ3) is 5.07. The standard InChI is InChI=1S/C16H21NO3/c1-18-15-7-5-14(6-8-15)12-17-9-3-10-19-13-16-4-2-11-20-16/h2,4-8,11,17H,3,9-10,12-13H2,1H3. The number of methoxy groups -OCH3 is 1. The zero-order chi connectivity index (χ0) is 14.0. The second-order valence-electron chi connectivity index (χ2n) is 4.51. The molecule has 0 saturated heterocycles. The third-order valence-electron chi connectivity index (χ3n) is 2.95. The van der Waals surface area contributed by atoms with Gasteiger partial charge in [-0.15, -0.1) is 0 Å². The maximum Gasteiger partial charge on any atom is 0.129 e. The highest BCUT2D eigenvalue weighted by atomic mass is 16.5. The van der Waals surface area contributed by atoms with E-state index in [1.54, 1.807) is 13.4 Å². The van der Waals surface area contributed by atoms with Crippen molar-refractivity contribution in [2.75, 3.05) is 20.3 Å². The van der Waals surface area contributed by atoms with Gasteiger partial charge in [0.05, 0.1) is 13.4 Å². The summed E-state index contributed by atoms with van der Waals surface area (Å²) in [5.74, 6) is 1.76. The highest BCUT2D eigenvalue weighted by Gasteiger charge is 1.96. The molecule has 4 nitrogen and oxygen atoms in total. The molecule has 0 radical (unpaired) electrons. The molecule has 4 heteroatoms. The van der Waals surface area contributed by atoms with Crippen LogP contribution in [0.3, 0.4) is 0 Å². The molecule has 0 aliphatic carbocycles. The number of benzene rings is 1. The first kappa shape index (κ1) is 14.6. The summed E-state index contributed by atoms with van der Waals surface area (Å²) in [6, 6.07) is 11.9. The predicted octanol–water partition coefficient (Wildman–Crippen LogP) is 2.98. The molecule has 0 unspecified atom stereocenters. The number of furan rings is 1. The molecule has 20 heavy (non-hydrogen) atoms. The van der Waals surface area contributed by atoms with E-state index in [4.69, 9.17) is 13.9 Å². The number of ether oxygens (including phenoxy) is 2. The lowest BCUT2D eigenvalue weighted by atomic mass is 10.2. The van der Waals surface area contributed by atoms with E-state index in [0.29, 0.717) is 6.61 Å². The smallest absolute Gasteiger partial charge is 0.129 e. The first-order valence-electron chi connectivity index (χ1n) is 6.82. The van der Waals surface area contributed by atoms with Gasteiger partial charge in [0.2, 0.25) is 0 Å². The molecule has 0 spiro atoms. The Bertz CT molecular complexity index is 465. The molecular weight excluding hydrogens is 254 g/mol. The Kier molecular flexibility index (Phi) is 6.14. The van der Waals surface area contributed by atoms with Crippen molar-refractivity contribution in [1.82, 2.24) is 5.32 Å². The van der Waals surface area contributed by atoms with Crippen molar-refractivity contribution < 1.29 is 13.9 Å². The molecule has 0 saturated carbocycles. The molecule has 0 bridgehead atoms. The van der Waals surface area contributed by atoms with E-state index in [0.717, 1.165) is 37.6 Å². The molecule has 1 N–H and O–H groups in total. The summed E-state index contributed by atoms with van der Waals surface area (Å²) in [5.41, 5.74) is 1.25. The minimum Gasteiger partial charge on any atom is -0.497 e. The van der Waals surface area contributed by atoms with Gasteiger partial charge in [0, 0.05) is 13.2 Å². The topological polar surface area (TPSA) is 43.6 Å². The number of nitrogens with one attached hydrogen (secondary N) is 1. The normalized spacial score (nSPS) is 10.7. The predicted molar refractivity (Wildman–Crippen MR) is 77.7 cm³/mol. The summed E-state index contributed by atoms with van der Waals surface area (Å²) in [6.45, 7) is 3.08. The van der Waals surface area contributed by atoms with Crippen molar-refractivity contribution in [2.24, 2.45) is 0 Å². The molecule has 2 rings (SSSR count). The fourth-order valence-electron chi connectivity index (χ4n) is 1.84. The number of rotatable bonds is 9. The van der Waals surface area contributed by atoms with Gasteiger partial charge in [-0.05, 0) is 42.8 Å². The zero-order valence-electron chi connectivity index (χ0n) is 11.8. The first-order valence-corrected chi connectivity index (χ1v) is 6.82. The maximum absolute atomic E-state index is 5.51. The van der Waals surface area contributed by atoms with E-state index in [9.17, 15) is 0 Å². The minimum atomic E-state index is 0.547. The van der Waals surface area contributed by atoms with E-state index >= 15 is 0 Å². The van der Waals surface area contributed by atoms with Crippen LogP contribution >= 0.6 is 0 Å². The van der Waals surface area contributed by atoms with E-state index in [1.165, 1.54) is 5.56 Å². The highest BCUT2D eigenvalue weighted by molar-refractivity contribution is 5.26. The molecule has 0 aliphatic rings. The van der Waals surface area contributed by atoms with Gasteiger partial charge < -0.3 is 19.2 Å². The summed E-state index contributed by atoms with van der Waals surface area (Å²) in [4.78, 5) is 0. The molecule has 1 heterocycles. The summed E-state index contributed by atoms with van der Waals surface area (Å²) in [7, 11) is 1.68. The van der Waals surface area contributed by atoms with Crippen LogP contribution in [0, 0.1) is 0 Å². The van der Waals surface area contributed by atoms with Crippen LogP contribution in [-0.2, 0) is 17.9 Å². The van der Waals surface area contributed by atoms with Crippen molar-refractivity contribution in [1.29, 1.82) is 0 Å². The van der Waals surface area contributed by atoms with Gasteiger partial charge in [0.15, 0.2) is 0 Å². The second kappa shape index (κ2) is 8.40. The van der Waals surface area contributed by atoms with Crippen LogP contribution in [0.15, 0.2) is 47.1 Å². The van der Waals surface area contributed by atoms with Crippen LogP contribution in [0.1, 0.15) is 17.7 Å². The first-order chi connectivity index (χ1) is 9.88. The summed E-state index contributed by atoms with van der Waals surface area (Å²) in [6.07, 6.45) is 2.64. The average Bonchev–Trinajstić information content (AvgIpc) is 3.00. The Labute approximate surface area is 119 Å². The Hall–Kier alpha value is -1.78. The van der Waals surface area contributed by atoms with Crippen LogP contribution in [0.2, 0.25) is 0 Å². The molecule has 0 amide bonds. The van der Waals surface area contributed by atoms with Crippen molar-refractivity contribution in [3.8, 4) is 5.75 Å². The van der Waals surface area contributed by atoms with Gasteiger partial charge in [-0.25, -0.2) is 0 Å². The van der Waals surface area contributed by atoms with E-state index in [1.807, 2.05) is 24.3 Å². The van der Waals surface area contributed by atoms with Crippen molar-refractivity contribution in [3.63, 3.8) is 0 Å². The largest absolute Gasteiger partial charge is 0.497 e. The number of hydrogen-bond donors (Lipinski definition) is 1. The van der Waals surface area contributed by atoms with E-state index in [2.05, 4.69) is 17.4 Å². The van der Waals surface area contributed by atoms with Gasteiger partial charge in [0.25, 0.3) is 0 Å². The highest BCUT2D eigenvalue weighted by Crippen LogP contribution is 2.10. The van der Waals surface area contributed by atoms with Gasteiger partial charge in [-0.1, -0.05) is 12.1 Å². The van der Waals surface area contributed by atoms with Crippen LogP contribution in [0.5, 0.6) is 5.75 Å². The fourth-order valence-corrected chi connectivity index (χ4v) is 1.84. The summed E-state index contributed by atoms with van der Waals surface area (Å²) < 4.78 is 15.8. The Balaban J connectivity index is 1.50. The van der Waals surface area contributed by atoms with Gasteiger partial charge in [-0.2, -0.15) is 0 Å². The second-order valence-corrected chi connectivity index (χ2v) is 4.51. The SMILES string of the molecule is COc1ccc(CNCCCOCc2ccco2)cc1. The summed E-state index contributed by atoms with van der Waals surface area (Å²) in [5, 5.41) is 3.39. The monoisotopic (exact) mass is 275 g/mol.